The topological polar surface area (TPSA) is 39.5 Å². The lowest BCUT2D eigenvalue weighted by Crippen LogP contribution is -2.23. The van der Waals surface area contributed by atoms with E-state index in [1.165, 1.54) is 11.1 Å². The van der Waals surface area contributed by atoms with Crippen LogP contribution in [0.25, 0.3) is 11.0 Å². The average Bonchev–Trinajstić information content (AvgIpc) is 3.14. The fourth-order valence-corrected chi connectivity index (χ4v) is 3.66. The molecule has 0 unspecified atom stereocenters. The molecule has 3 heterocycles. The van der Waals surface area contributed by atoms with Crippen LogP contribution in [0.3, 0.4) is 0 Å². The Balaban J connectivity index is 1.41. The average molecular weight is 321 g/mol. The molecule has 2 aromatic carbocycles. The summed E-state index contributed by atoms with van der Waals surface area (Å²) in [5, 5.41) is 0. The van der Waals surface area contributed by atoms with Gasteiger partial charge in [0.2, 0.25) is 6.79 Å². The molecule has 2 aliphatic heterocycles. The Hall–Kier alpha value is -2.53. The van der Waals surface area contributed by atoms with E-state index in [9.17, 15) is 0 Å². The fourth-order valence-electron chi connectivity index (χ4n) is 3.66. The maximum Gasteiger partial charge on any atom is 0.231 e. The van der Waals surface area contributed by atoms with E-state index in [2.05, 4.69) is 45.9 Å². The van der Waals surface area contributed by atoms with Gasteiger partial charge in [-0.15, -0.1) is 0 Å². The van der Waals surface area contributed by atoms with Crippen LogP contribution < -0.4 is 9.47 Å². The Kier molecular flexibility index (Phi) is 3.19. The summed E-state index contributed by atoms with van der Waals surface area (Å²) in [5.41, 5.74) is 3.60. The van der Waals surface area contributed by atoms with Gasteiger partial charge in [0.15, 0.2) is 11.5 Å². The maximum atomic E-state index is 5.49. The molecule has 5 rings (SSSR count). The fraction of sp³-hybridized carbons (Fsp3) is 0.316. The van der Waals surface area contributed by atoms with Gasteiger partial charge in [-0.1, -0.05) is 18.2 Å². The smallest absolute Gasteiger partial charge is 0.231 e. The second kappa shape index (κ2) is 5.53. The predicted molar refractivity (Wildman–Crippen MR) is 91.0 cm³/mol. The number of benzene rings is 2. The van der Waals surface area contributed by atoms with E-state index in [1.807, 2.05) is 6.07 Å². The first-order valence-corrected chi connectivity index (χ1v) is 8.42. The predicted octanol–water partition coefficient (Wildman–Crippen LogP) is 3.17. The van der Waals surface area contributed by atoms with Gasteiger partial charge in [-0.25, -0.2) is 4.98 Å². The number of hydrogen-bond acceptors (Lipinski definition) is 4. The van der Waals surface area contributed by atoms with Crippen molar-refractivity contribution in [1.82, 2.24) is 14.5 Å². The molecule has 0 aliphatic carbocycles. The van der Waals surface area contributed by atoms with E-state index in [0.29, 0.717) is 6.79 Å². The summed E-state index contributed by atoms with van der Waals surface area (Å²) in [6.45, 7) is 4.22. The third kappa shape index (κ3) is 2.32. The molecule has 3 aromatic rings. The zero-order valence-electron chi connectivity index (χ0n) is 13.4. The monoisotopic (exact) mass is 321 g/mol. The van der Waals surface area contributed by atoms with Gasteiger partial charge < -0.3 is 14.0 Å². The van der Waals surface area contributed by atoms with Crippen molar-refractivity contribution in [1.29, 1.82) is 0 Å². The minimum absolute atomic E-state index is 0.326. The van der Waals surface area contributed by atoms with Crippen molar-refractivity contribution in [2.45, 2.75) is 26.1 Å². The van der Waals surface area contributed by atoms with E-state index in [-0.39, 0.29) is 0 Å². The van der Waals surface area contributed by atoms with Crippen LogP contribution in [0.4, 0.5) is 0 Å². The Morgan fingerprint density at radius 2 is 1.92 bits per heavy atom. The quantitative estimate of drug-likeness (QED) is 0.727. The number of ether oxygens (including phenoxy) is 2. The third-order valence-corrected chi connectivity index (χ3v) is 4.80. The van der Waals surface area contributed by atoms with Crippen LogP contribution in [-0.2, 0) is 19.6 Å². The molecule has 0 radical (unpaired) electrons. The lowest BCUT2D eigenvalue weighted by atomic mass is 10.2. The summed E-state index contributed by atoms with van der Waals surface area (Å²) in [7, 11) is 0. The van der Waals surface area contributed by atoms with E-state index < -0.39 is 0 Å². The molecule has 2 aliphatic rings. The van der Waals surface area contributed by atoms with Gasteiger partial charge in [0.1, 0.15) is 5.82 Å². The molecule has 0 spiro atoms. The first-order chi connectivity index (χ1) is 11.9. The minimum atomic E-state index is 0.326. The van der Waals surface area contributed by atoms with Gasteiger partial charge in [0, 0.05) is 19.6 Å². The molecular weight excluding hydrogens is 302 g/mol. The van der Waals surface area contributed by atoms with E-state index in [1.54, 1.807) is 0 Å². The Labute approximate surface area is 140 Å². The molecular formula is C19H19N3O2. The summed E-state index contributed by atoms with van der Waals surface area (Å²) < 4.78 is 13.3. The first-order valence-electron chi connectivity index (χ1n) is 8.42. The first kappa shape index (κ1) is 13.9. The summed E-state index contributed by atoms with van der Waals surface area (Å²) in [6, 6.07) is 14.6. The second-order valence-corrected chi connectivity index (χ2v) is 6.42. The molecule has 0 saturated heterocycles. The summed E-state index contributed by atoms with van der Waals surface area (Å²) >= 11 is 0. The second-order valence-electron chi connectivity index (χ2n) is 6.42. The molecule has 0 bridgehead atoms. The van der Waals surface area contributed by atoms with Gasteiger partial charge in [-0.2, -0.15) is 0 Å². The molecule has 0 atom stereocenters. The molecule has 0 fully saturated rings. The van der Waals surface area contributed by atoms with Crippen LogP contribution in [0.15, 0.2) is 42.5 Å². The molecule has 5 nitrogen and oxygen atoms in total. The highest BCUT2D eigenvalue weighted by Crippen LogP contribution is 2.33. The summed E-state index contributed by atoms with van der Waals surface area (Å²) in [4.78, 5) is 7.30. The molecule has 24 heavy (non-hydrogen) atoms. The van der Waals surface area contributed by atoms with Crippen LogP contribution in [0.2, 0.25) is 0 Å². The molecule has 5 heteroatoms. The van der Waals surface area contributed by atoms with E-state index in [4.69, 9.17) is 14.5 Å². The normalized spacial score (nSPS) is 17.0. The highest BCUT2D eigenvalue weighted by atomic mass is 16.7. The van der Waals surface area contributed by atoms with Crippen LogP contribution in [0, 0.1) is 0 Å². The van der Waals surface area contributed by atoms with E-state index >= 15 is 0 Å². The molecule has 0 saturated carbocycles. The number of aromatic nitrogens is 2. The number of aryl methyl sites for hydroxylation is 1. The van der Waals surface area contributed by atoms with Crippen molar-refractivity contribution in [3.8, 4) is 11.5 Å². The molecule has 122 valence electrons. The van der Waals surface area contributed by atoms with Crippen molar-refractivity contribution in [2.24, 2.45) is 0 Å². The minimum Gasteiger partial charge on any atom is -0.454 e. The zero-order chi connectivity index (χ0) is 15.9. The van der Waals surface area contributed by atoms with Crippen LogP contribution in [0.5, 0.6) is 11.5 Å². The van der Waals surface area contributed by atoms with Crippen molar-refractivity contribution < 1.29 is 9.47 Å². The van der Waals surface area contributed by atoms with Gasteiger partial charge in [-0.3, -0.25) is 4.90 Å². The van der Waals surface area contributed by atoms with Crippen molar-refractivity contribution in [3.63, 3.8) is 0 Å². The SMILES string of the molecule is c1ccc2c(c1)nc1n2CCCN(Cc2ccc3c(c2)OCO3)C1. The maximum absolute atomic E-state index is 5.49. The lowest BCUT2D eigenvalue weighted by molar-refractivity contribution is 0.174. The molecule has 0 amide bonds. The van der Waals surface area contributed by atoms with Crippen molar-refractivity contribution in [3.05, 3.63) is 53.9 Å². The molecule has 0 N–H and O–H groups in total. The lowest BCUT2D eigenvalue weighted by Gasteiger charge is -2.19. The van der Waals surface area contributed by atoms with Gasteiger partial charge in [-0.05, 0) is 36.2 Å². The van der Waals surface area contributed by atoms with Gasteiger partial charge >= 0.3 is 0 Å². The van der Waals surface area contributed by atoms with E-state index in [0.717, 1.165) is 55.4 Å². The number of para-hydroxylation sites is 2. The standard InChI is InChI=1S/C19H19N3O2/c1-2-5-16-15(4-1)20-19-12-21(8-3-9-22(16)19)11-14-6-7-17-18(10-14)24-13-23-17/h1-2,4-7,10H,3,8-9,11-13H2. The zero-order valence-corrected chi connectivity index (χ0v) is 13.4. The Morgan fingerprint density at radius 1 is 1.00 bits per heavy atom. The molecule has 1 aromatic heterocycles. The van der Waals surface area contributed by atoms with Crippen LogP contribution >= 0.6 is 0 Å². The van der Waals surface area contributed by atoms with Gasteiger partial charge in [0.05, 0.1) is 17.6 Å². The number of imidazole rings is 1. The van der Waals surface area contributed by atoms with Gasteiger partial charge in [0.25, 0.3) is 0 Å². The highest BCUT2D eigenvalue weighted by Gasteiger charge is 2.19. The largest absolute Gasteiger partial charge is 0.454 e. The van der Waals surface area contributed by atoms with Crippen molar-refractivity contribution in [2.75, 3.05) is 13.3 Å². The van der Waals surface area contributed by atoms with Crippen LogP contribution in [0.1, 0.15) is 17.8 Å². The number of nitrogens with zero attached hydrogens (tertiary/aromatic N) is 3. The third-order valence-electron chi connectivity index (χ3n) is 4.80. The number of hydrogen-bond donors (Lipinski definition) is 0. The number of rotatable bonds is 2. The highest BCUT2D eigenvalue weighted by molar-refractivity contribution is 5.75. The summed E-state index contributed by atoms with van der Waals surface area (Å²) in [5.74, 6) is 2.86. The Morgan fingerprint density at radius 3 is 2.92 bits per heavy atom. The van der Waals surface area contributed by atoms with Crippen LogP contribution in [-0.4, -0.2) is 27.8 Å². The number of fused-ring (bicyclic) bond motifs is 4. The summed E-state index contributed by atoms with van der Waals surface area (Å²) in [6.07, 6.45) is 1.14. The van der Waals surface area contributed by atoms with Crippen molar-refractivity contribution >= 4 is 11.0 Å². The Bertz CT molecular complexity index is 903.